The average Bonchev–Trinajstić information content (AvgIpc) is 2.91. The highest BCUT2D eigenvalue weighted by Gasteiger charge is 2.45. The van der Waals surface area contributed by atoms with Gasteiger partial charge < -0.3 is 15.1 Å². The second-order valence-corrected chi connectivity index (χ2v) is 7.42. The molecule has 1 amide bonds. The van der Waals surface area contributed by atoms with E-state index in [0.29, 0.717) is 24.4 Å². The number of aliphatic imine (C=N–C) groups is 1. The molecule has 1 aromatic rings. The van der Waals surface area contributed by atoms with Crippen molar-refractivity contribution in [3.63, 3.8) is 0 Å². The minimum Gasteiger partial charge on any atom is -0.357 e. The molecule has 1 unspecified atom stereocenters. The number of hydrogen-bond acceptors (Lipinski definition) is 3. The predicted molar refractivity (Wildman–Crippen MR) is 95.0 cm³/mol. The van der Waals surface area contributed by atoms with Crippen molar-refractivity contribution in [2.45, 2.75) is 27.2 Å². The number of nitrogens with zero attached hydrogens (tertiary/aromatic N) is 5. The number of guanidine groups is 1. The van der Waals surface area contributed by atoms with Crippen molar-refractivity contribution in [3.05, 3.63) is 12.4 Å². The van der Waals surface area contributed by atoms with Crippen LogP contribution in [0.1, 0.15) is 27.2 Å². The van der Waals surface area contributed by atoms with Crippen molar-refractivity contribution in [2.24, 2.45) is 23.4 Å². The minimum atomic E-state index is 0.0894. The van der Waals surface area contributed by atoms with Gasteiger partial charge in [0, 0.05) is 39.4 Å². The zero-order valence-corrected chi connectivity index (χ0v) is 15.1. The van der Waals surface area contributed by atoms with Crippen molar-refractivity contribution in [1.29, 1.82) is 0 Å². The summed E-state index contributed by atoms with van der Waals surface area (Å²) in [6, 6.07) is 0. The summed E-state index contributed by atoms with van der Waals surface area (Å²) >= 11 is 0. The summed E-state index contributed by atoms with van der Waals surface area (Å²) in [5, 5.41) is 7.48. The molecule has 132 valence electrons. The van der Waals surface area contributed by atoms with E-state index in [1.807, 2.05) is 13.2 Å². The quantitative estimate of drug-likeness (QED) is 0.662. The van der Waals surface area contributed by atoms with E-state index >= 15 is 0 Å². The number of aromatic nitrogens is 2. The van der Waals surface area contributed by atoms with Crippen molar-refractivity contribution in [2.75, 3.05) is 37.6 Å². The molecule has 0 radical (unpaired) electrons. The first-order chi connectivity index (χ1) is 11.4. The van der Waals surface area contributed by atoms with E-state index in [1.165, 1.54) is 6.42 Å². The molecule has 1 N–H and O–H groups in total. The van der Waals surface area contributed by atoms with Gasteiger partial charge in [-0.2, -0.15) is 5.10 Å². The molecular formula is C17H28N6O. The summed E-state index contributed by atoms with van der Waals surface area (Å²) in [7, 11) is 1.86. The van der Waals surface area contributed by atoms with Crippen LogP contribution in [-0.4, -0.2) is 59.3 Å². The molecule has 0 bridgehead atoms. The number of rotatable bonds is 4. The van der Waals surface area contributed by atoms with Gasteiger partial charge in [-0.1, -0.05) is 13.8 Å². The van der Waals surface area contributed by atoms with Crippen molar-refractivity contribution >= 4 is 17.6 Å². The van der Waals surface area contributed by atoms with E-state index in [-0.39, 0.29) is 5.91 Å². The van der Waals surface area contributed by atoms with Gasteiger partial charge >= 0.3 is 0 Å². The number of carbonyl (C=O) groups is 1. The van der Waals surface area contributed by atoms with E-state index in [1.54, 1.807) is 15.8 Å². The van der Waals surface area contributed by atoms with E-state index in [4.69, 9.17) is 4.99 Å². The zero-order chi connectivity index (χ0) is 17.3. The number of piperazine rings is 1. The van der Waals surface area contributed by atoms with Gasteiger partial charge in [0.2, 0.25) is 5.91 Å². The topological polar surface area (TPSA) is 65.8 Å². The fourth-order valence-corrected chi connectivity index (χ4v) is 3.18. The highest BCUT2D eigenvalue weighted by molar-refractivity contribution is 5.98. The third-order valence-electron chi connectivity index (χ3n) is 5.04. The number of carbonyl (C=O) groups excluding carboxylic acids is 1. The van der Waals surface area contributed by atoms with E-state index in [9.17, 15) is 4.79 Å². The molecule has 7 heteroatoms. The van der Waals surface area contributed by atoms with Crippen LogP contribution in [0.25, 0.3) is 0 Å². The molecule has 0 aromatic carbocycles. The van der Waals surface area contributed by atoms with Gasteiger partial charge in [0.05, 0.1) is 11.9 Å². The van der Waals surface area contributed by atoms with Gasteiger partial charge in [-0.05, 0) is 24.7 Å². The number of aryl methyl sites for hydroxylation is 1. The van der Waals surface area contributed by atoms with Crippen molar-refractivity contribution < 1.29 is 4.79 Å². The molecule has 2 fully saturated rings. The molecule has 24 heavy (non-hydrogen) atoms. The fraction of sp³-hybridized carbons (Fsp3) is 0.706. The molecule has 1 aromatic heterocycles. The fourth-order valence-electron chi connectivity index (χ4n) is 3.18. The number of nitrogens with one attached hydrogen (secondary N) is 1. The van der Waals surface area contributed by atoms with Crippen LogP contribution in [0.4, 0.5) is 5.69 Å². The largest absolute Gasteiger partial charge is 0.357 e. The first-order valence-corrected chi connectivity index (χ1v) is 8.73. The van der Waals surface area contributed by atoms with Gasteiger partial charge in [0.15, 0.2) is 5.96 Å². The van der Waals surface area contributed by atoms with E-state index in [0.717, 1.165) is 31.3 Å². The van der Waals surface area contributed by atoms with E-state index in [2.05, 4.69) is 36.1 Å². The summed E-state index contributed by atoms with van der Waals surface area (Å²) in [6.45, 7) is 10.1. The highest BCUT2D eigenvalue weighted by atomic mass is 16.2. The van der Waals surface area contributed by atoms with Crippen molar-refractivity contribution in [3.8, 4) is 0 Å². The van der Waals surface area contributed by atoms with Gasteiger partial charge in [0.1, 0.15) is 6.54 Å². The Balaban J connectivity index is 1.63. The maximum absolute atomic E-state index is 12.5. The predicted octanol–water partition coefficient (Wildman–Crippen LogP) is 1.08. The lowest BCUT2D eigenvalue weighted by atomic mass is 10.1. The van der Waals surface area contributed by atoms with E-state index < -0.39 is 0 Å². The van der Waals surface area contributed by atoms with Gasteiger partial charge in [0.25, 0.3) is 0 Å². The van der Waals surface area contributed by atoms with Crippen LogP contribution in [0.2, 0.25) is 0 Å². The molecule has 1 atom stereocenters. The van der Waals surface area contributed by atoms with Gasteiger partial charge in [-0.25, -0.2) is 0 Å². The van der Waals surface area contributed by atoms with Crippen molar-refractivity contribution in [1.82, 2.24) is 20.0 Å². The number of hydrogen-bond donors (Lipinski definition) is 1. The SMILES string of the molecule is CCNC(=NCC1CC1(C)C)N1CCN(c2cnn(C)c2)C(=O)C1. The Morgan fingerprint density at radius 3 is 2.75 bits per heavy atom. The Hall–Kier alpha value is -2.05. The van der Waals surface area contributed by atoms with Crippen LogP contribution in [-0.2, 0) is 11.8 Å². The Labute approximate surface area is 143 Å². The van der Waals surface area contributed by atoms with Crippen LogP contribution >= 0.6 is 0 Å². The Morgan fingerprint density at radius 1 is 1.46 bits per heavy atom. The lowest BCUT2D eigenvalue weighted by Crippen LogP contribution is -2.55. The molecule has 1 aliphatic carbocycles. The smallest absolute Gasteiger partial charge is 0.246 e. The van der Waals surface area contributed by atoms with Crippen LogP contribution in [0.5, 0.6) is 0 Å². The van der Waals surface area contributed by atoms with Crippen LogP contribution in [0.3, 0.4) is 0 Å². The normalized spacial score (nSPS) is 23.6. The molecular weight excluding hydrogens is 304 g/mol. The monoisotopic (exact) mass is 332 g/mol. The Morgan fingerprint density at radius 2 is 2.21 bits per heavy atom. The lowest BCUT2D eigenvalue weighted by molar-refractivity contribution is -0.120. The van der Waals surface area contributed by atoms with Crippen LogP contribution in [0, 0.1) is 11.3 Å². The Bertz CT molecular complexity index is 635. The minimum absolute atomic E-state index is 0.0894. The maximum Gasteiger partial charge on any atom is 0.246 e. The molecule has 1 aliphatic heterocycles. The molecule has 7 nitrogen and oxygen atoms in total. The maximum atomic E-state index is 12.5. The second kappa shape index (κ2) is 6.45. The third-order valence-corrected chi connectivity index (χ3v) is 5.04. The van der Waals surface area contributed by atoms with Crippen LogP contribution < -0.4 is 10.2 Å². The zero-order valence-electron chi connectivity index (χ0n) is 15.1. The summed E-state index contributed by atoms with van der Waals surface area (Å²) in [5.41, 5.74) is 1.29. The van der Waals surface area contributed by atoms with Gasteiger partial charge in [-0.15, -0.1) is 0 Å². The number of anilines is 1. The second-order valence-electron chi connectivity index (χ2n) is 7.42. The molecule has 2 aliphatic rings. The van der Waals surface area contributed by atoms with Crippen LogP contribution in [0.15, 0.2) is 17.4 Å². The molecule has 2 heterocycles. The molecule has 3 rings (SSSR count). The average molecular weight is 332 g/mol. The standard InChI is InChI=1S/C17H28N6O/c1-5-18-16(19-9-13-8-17(13,2)3)22-6-7-23(15(24)12-22)14-10-20-21(4)11-14/h10-11,13H,5-9,12H2,1-4H3,(H,18,19). The summed E-state index contributed by atoms with van der Waals surface area (Å²) < 4.78 is 1.72. The first kappa shape index (κ1) is 16.8. The summed E-state index contributed by atoms with van der Waals surface area (Å²) in [6.07, 6.45) is 4.85. The Kier molecular flexibility index (Phi) is 4.51. The molecule has 1 saturated heterocycles. The first-order valence-electron chi connectivity index (χ1n) is 8.73. The van der Waals surface area contributed by atoms with Gasteiger partial charge in [-0.3, -0.25) is 14.5 Å². The highest BCUT2D eigenvalue weighted by Crippen LogP contribution is 2.51. The molecule has 0 spiro atoms. The number of amides is 1. The molecule has 1 saturated carbocycles. The third kappa shape index (κ3) is 3.55. The summed E-state index contributed by atoms with van der Waals surface area (Å²) in [4.78, 5) is 21.2. The summed E-state index contributed by atoms with van der Waals surface area (Å²) in [5.74, 6) is 1.62. The lowest BCUT2D eigenvalue weighted by Gasteiger charge is -2.35.